The lowest BCUT2D eigenvalue weighted by Gasteiger charge is -2.05. The highest BCUT2D eigenvalue weighted by Crippen LogP contribution is 2.13. The first-order valence-corrected chi connectivity index (χ1v) is 4.82. The van der Waals surface area contributed by atoms with E-state index in [-0.39, 0.29) is 12.2 Å². The lowest BCUT2D eigenvalue weighted by Crippen LogP contribution is -2.02. The zero-order valence-electron chi connectivity index (χ0n) is 8.33. The molecule has 0 heterocycles. The zero-order chi connectivity index (χ0) is 11.1. The summed E-state index contributed by atoms with van der Waals surface area (Å²) in [5, 5.41) is 20.1. The third-order valence-corrected chi connectivity index (χ3v) is 2.00. The van der Waals surface area contributed by atoms with Crippen molar-refractivity contribution in [3.8, 4) is 6.07 Å². The van der Waals surface area contributed by atoms with Gasteiger partial charge in [-0.2, -0.15) is 5.26 Å². The van der Waals surface area contributed by atoms with Crippen LogP contribution >= 0.6 is 0 Å². The van der Waals surface area contributed by atoms with Crippen LogP contribution in [-0.4, -0.2) is 18.3 Å². The topological polar surface area (TPSA) is 56.0 Å². The number of anilines is 1. The number of hydrogen-bond donors (Lipinski definition) is 2. The molecule has 0 aliphatic carbocycles. The average molecular weight is 208 g/mol. The molecule has 15 heavy (non-hydrogen) atoms. The van der Waals surface area contributed by atoms with Crippen molar-refractivity contribution in [1.82, 2.24) is 0 Å². The molecule has 1 aromatic rings. The number of unbranched alkanes of at least 4 members (excludes halogenated alkanes) is 1. The van der Waals surface area contributed by atoms with E-state index < -0.39 is 5.82 Å². The van der Waals surface area contributed by atoms with E-state index in [2.05, 4.69) is 5.32 Å². The van der Waals surface area contributed by atoms with E-state index in [1.54, 1.807) is 12.1 Å². The quantitative estimate of drug-likeness (QED) is 0.726. The fourth-order valence-corrected chi connectivity index (χ4v) is 1.19. The fourth-order valence-electron chi connectivity index (χ4n) is 1.19. The number of nitrogens with one attached hydrogen (secondary N) is 1. The number of nitrogens with zero attached hydrogens (tertiary/aromatic N) is 1. The van der Waals surface area contributed by atoms with E-state index in [1.807, 2.05) is 0 Å². The number of hydrogen-bond acceptors (Lipinski definition) is 3. The first kappa shape index (κ1) is 11.5. The molecule has 0 aromatic heterocycles. The highest BCUT2D eigenvalue weighted by molar-refractivity contribution is 5.47. The van der Waals surface area contributed by atoms with E-state index in [9.17, 15) is 4.39 Å². The summed E-state index contributed by atoms with van der Waals surface area (Å²) in [4.78, 5) is 0. The highest BCUT2D eigenvalue weighted by Gasteiger charge is 2.01. The Bertz CT molecular complexity index is 360. The molecule has 0 aliphatic rings. The van der Waals surface area contributed by atoms with Gasteiger partial charge in [-0.05, 0) is 31.0 Å². The zero-order valence-corrected chi connectivity index (χ0v) is 8.33. The van der Waals surface area contributed by atoms with Crippen molar-refractivity contribution in [3.05, 3.63) is 29.6 Å². The fraction of sp³-hybridized carbons (Fsp3) is 0.364. The molecule has 0 saturated carbocycles. The van der Waals surface area contributed by atoms with Crippen LogP contribution in [0.5, 0.6) is 0 Å². The second-order valence-electron chi connectivity index (χ2n) is 3.16. The summed E-state index contributed by atoms with van der Waals surface area (Å²) >= 11 is 0. The van der Waals surface area contributed by atoms with Gasteiger partial charge in [-0.1, -0.05) is 0 Å². The van der Waals surface area contributed by atoms with Crippen LogP contribution in [0.15, 0.2) is 18.2 Å². The third kappa shape index (κ3) is 3.56. The van der Waals surface area contributed by atoms with E-state index in [0.717, 1.165) is 12.8 Å². The van der Waals surface area contributed by atoms with Gasteiger partial charge < -0.3 is 10.4 Å². The Labute approximate surface area is 88.2 Å². The molecule has 0 atom stereocenters. The Morgan fingerprint density at radius 1 is 1.40 bits per heavy atom. The molecule has 0 fully saturated rings. The van der Waals surface area contributed by atoms with E-state index in [4.69, 9.17) is 10.4 Å². The van der Waals surface area contributed by atoms with Crippen molar-refractivity contribution >= 4 is 5.69 Å². The van der Waals surface area contributed by atoms with Crippen LogP contribution < -0.4 is 5.32 Å². The van der Waals surface area contributed by atoms with Gasteiger partial charge in [0.2, 0.25) is 0 Å². The highest BCUT2D eigenvalue weighted by atomic mass is 19.1. The van der Waals surface area contributed by atoms with Crippen LogP contribution in [0.1, 0.15) is 18.4 Å². The Morgan fingerprint density at radius 2 is 2.20 bits per heavy atom. The van der Waals surface area contributed by atoms with Crippen molar-refractivity contribution in [1.29, 1.82) is 5.26 Å². The van der Waals surface area contributed by atoms with Gasteiger partial charge in [-0.15, -0.1) is 0 Å². The van der Waals surface area contributed by atoms with Crippen molar-refractivity contribution in [2.24, 2.45) is 0 Å². The van der Waals surface area contributed by atoms with E-state index in [1.165, 1.54) is 12.1 Å². The molecule has 2 N–H and O–H groups in total. The summed E-state index contributed by atoms with van der Waals surface area (Å²) in [6.45, 7) is 0.856. The minimum Gasteiger partial charge on any atom is -0.396 e. The van der Waals surface area contributed by atoms with Gasteiger partial charge in [0.05, 0.1) is 5.56 Å². The lowest BCUT2D eigenvalue weighted by atomic mass is 10.2. The van der Waals surface area contributed by atoms with Gasteiger partial charge in [0.15, 0.2) is 0 Å². The summed E-state index contributed by atoms with van der Waals surface area (Å²) in [5.41, 5.74) is 0.709. The average Bonchev–Trinajstić information content (AvgIpc) is 2.25. The molecule has 1 rings (SSSR count). The second kappa shape index (κ2) is 5.99. The van der Waals surface area contributed by atoms with Gasteiger partial charge in [-0.25, -0.2) is 4.39 Å². The molecule has 0 radical (unpaired) electrons. The number of aliphatic hydroxyl groups is 1. The van der Waals surface area contributed by atoms with Crippen molar-refractivity contribution in [2.75, 3.05) is 18.5 Å². The van der Waals surface area contributed by atoms with Gasteiger partial charge in [0.25, 0.3) is 0 Å². The Morgan fingerprint density at radius 3 is 2.80 bits per heavy atom. The Balaban J connectivity index is 2.49. The molecule has 4 heteroatoms. The Hall–Kier alpha value is -1.60. The largest absolute Gasteiger partial charge is 0.396 e. The van der Waals surface area contributed by atoms with Crippen LogP contribution in [0.25, 0.3) is 0 Å². The molecule has 80 valence electrons. The molecule has 0 amide bonds. The first-order chi connectivity index (χ1) is 7.27. The molecular weight excluding hydrogens is 195 g/mol. The first-order valence-electron chi connectivity index (χ1n) is 4.82. The predicted molar refractivity (Wildman–Crippen MR) is 55.9 cm³/mol. The second-order valence-corrected chi connectivity index (χ2v) is 3.16. The summed E-state index contributed by atoms with van der Waals surface area (Å²) in [7, 11) is 0. The van der Waals surface area contributed by atoms with Gasteiger partial charge in [-0.3, -0.25) is 0 Å². The van der Waals surface area contributed by atoms with Crippen LogP contribution in [0.2, 0.25) is 0 Å². The maximum Gasteiger partial charge on any atom is 0.143 e. The van der Waals surface area contributed by atoms with Crippen molar-refractivity contribution in [2.45, 2.75) is 12.8 Å². The SMILES string of the molecule is N#Cc1ccc(NCCCCO)cc1F. The summed E-state index contributed by atoms with van der Waals surface area (Å²) in [5.74, 6) is -0.510. The van der Waals surface area contributed by atoms with Gasteiger partial charge in [0.1, 0.15) is 11.9 Å². The Kier molecular flexibility index (Phi) is 4.58. The monoisotopic (exact) mass is 208 g/mol. The third-order valence-electron chi connectivity index (χ3n) is 2.00. The number of halogens is 1. The molecule has 0 unspecified atom stereocenters. The van der Waals surface area contributed by atoms with E-state index in [0.29, 0.717) is 12.2 Å². The van der Waals surface area contributed by atoms with E-state index >= 15 is 0 Å². The molecule has 0 saturated heterocycles. The standard InChI is InChI=1S/C11H13FN2O/c12-11-7-10(4-3-9(11)8-13)14-5-1-2-6-15/h3-4,7,14-15H,1-2,5-6H2. The number of benzene rings is 1. The van der Waals surface area contributed by atoms with Crippen molar-refractivity contribution in [3.63, 3.8) is 0 Å². The lowest BCUT2D eigenvalue weighted by molar-refractivity contribution is 0.286. The normalized spacial score (nSPS) is 9.67. The summed E-state index contributed by atoms with van der Waals surface area (Å²) < 4.78 is 13.1. The van der Waals surface area contributed by atoms with Crippen LogP contribution in [0.3, 0.4) is 0 Å². The summed E-state index contributed by atoms with van der Waals surface area (Å²) in [6.07, 6.45) is 1.56. The van der Waals surface area contributed by atoms with Gasteiger partial charge >= 0.3 is 0 Å². The molecule has 3 nitrogen and oxygen atoms in total. The summed E-state index contributed by atoms with van der Waals surface area (Å²) in [6, 6.07) is 6.18. The smallest absolute Gasteiger partial charge is 0.143 e. The number of aliphatic hydroxyl groups excluding tert-OH is 1. The number of nitriles is 1. The van der Waals surface area contributed by atoms with Crippen LogP contribution in [-0.2, 0) is 0 Å². The molecule has 0 aliphatic heterocycles. The minimum atomic E-state index is -0.510. The van der Waals surface area contributed by atoms with Crippen LogP contribution in [0.4, 0.5) is 10.1 Å². The maximum absolute atomic E-state index is 13.1. The van der Waals surface area contributed by atoms with Gasteiger partial charge in [0, 0.05) is 18.8 Å². The molecule has 1 aromatic carbocycles. The molecule has 0 bridgehead atoms. The minimum absolute atomic E-state index is 0.0518. The van der Waals surface area contributed by atoms with Crippen LogP contribution in [0, 0.1) is 17.1 Å². The molecule has 0 spiro atoms. The molecular formula is C11H13FN2O. The van der Waals surface area contributed by atoms with Crippen molar-refractivity contribution < 1.29 is 9.50 Å². The maximum atomic E-state index is 13.1. The predicted octanol–water partition coefficient (Wildman–Crippen LogP) is 1.88. The number of rotatable bonds is 5.